The summed E-state index contributed by atoms with van der Waals surface area (Å²) in [4.78, 5) is 22.4. The summed E-state index contributed by atoms with van der Waals surface area (Å²) in [6, 6.07) is 13.8. The zero-order valence-electron chi connectivity index (χ0n) is 14.6. The molecule has 2 aromatic heterocycles. The van der Waals surface area contributed by atoms with E-state index < -0.39 is 0 Å². The third-order valence-electron chi connectivity index (χ3n) is 4.75. The van der Waals surface area contributed by atoms with Crippen LogP contribution in [0.2, 0.25) is 0 Å². The van der Waals surface area contributed by atoms with E-state index in [1.807, 2.05) is 36.4 Å². The second-order valence-electron chi connectivity index (χ2n) is 6.48. The molecule has 0 atom stereocenters. The monoisotopic (exact) mass is 362 g/mol. The molecule has 7 nitrogen and oxygen atoms in total. The third-order valence-corrected chi connectivity index (χ3v) is 4.75. The number of carbonyl (C=O) groups excluding carboxylic acids is 1. The number of nitrogens with zero attached hydrogens (tertiary/aromatic N) is 2. The fraction of sp³-hybridized carbons (Fsp3) is 0.200. The fourth-order valence-electron chi connectivity index (χ4n) is 3.34. The van der Waals surface area contributed by atoms with E-state index in [0.717, 1.165) is 29.5 Å². The Labute approximate surface area is 154 Å². The molecule has 2 N–H and O–H groups in total. The van der Waals surface area contributed by atoms with Crippen molar-refractivity contribution in [3.05, 3.63) is 54.2 Å². The van der Waals surface area contributed by atoms with Crippen molar-refractivity contribution in [2.75, 3.05) is 36.5 Å². The Hall–Kier alpha value is -3.32. The summed E-state index contributed by atoms with van der Waals surface area (Å²) >= 11 is 0. The first-order valence-electron chi connectivity index (χ1n) is 8.89. The van der Waals surface area contributed by atoms with Gasteiger partial charge in [-0.3, -0.25) is 4.79 Å². The zero-order chi connectivity index (χ0) is 18.2. The molecule has 7 heteroatoms. The van der Waals surface area contributed by atoms with Gasteiger partial charge in [0.1, 0.15) is 5.52 Å². The number of aromatic nitrogens is 2. The van der Waals surface area contributed by atoms with Gasteiger partial charge in [-0.2, -0.15) is 4.98 Å². The maximum Gasteiger partial charge on any atom is 0.298 e. The maximum absolute atomic E-state index is 12.7. The summed E-state index contributed by atoms with van der Waals surface area (Å²) in [7, 11) is 0. The van der Waals surface area contributed by atoms with Crippen LogP contribution in [0.5, 0.6) is 0 Å². The summed E-state index contributed by atoms with van der Waals surface area (Å²) in [5.74, 6) is -0.167. The number of carbonyl (C=O) groups is 1. The van der Waals surface area contributed by atoms with Crippen LogP contribution in [-0.2, 0) is 4.74 Å². The van der Waals surface area contributed by atoms with Crippen LogP contribution in [0, 0.1) is 0 Å². The Morgan fingerprint density at radius 2 is 2.00 bits per heavy atom. The summed E-state index contributed by atoms with van der Waals surface area (Å²) in [5.41, 5.74) is 3.62. The van der Waals surface area contributed by atoms with E-state index in [1.54, 1.807) is 12.3 Å². The molecule has 27 heavy (non-hydrogen) atoms. The standard InChI is InChI=1S/C20H18N4O3/c25-19(15-12-21-16-4-2-1-3-14(15)16)22-13-5-6-17-18(11-13)27-20(23-17)24-7-9-26-10-8-24/h1-6,11-12,21H,7-10H2,(H,22,25). The van der Waals surface area contributed by atoms with Crippen molar-refractivity contribution in [1.82, 2.24) is 9.97 Å². The summed E-state index contributed by atoms with van der Waals surface area (Å²) < 4.78 is 11.3. The van der Waals surface area contributed by atoms with Crippen LogP contribution in [0.15, 0.2) is 53.1 Å². The number of H-pyrrole nitrogens is 1. The average molecular weight is 362 g/mol. The molecule has 1 saturated heterocycles. The minimum Gasteiger partial charge on any atom is -0.423 e. The number of hydrogen-bond donors (Lipinski definition) is 2. The van der Waals surface area contributed by atoms with Gasteiger partial charge in [0.2, 0.25) is 0 Å². The van der Waals surface area contributed by atoms with Crippen molar-refractivity contribution in [1.29, 1.82) is 0 Å². The molecule has 0 spiro atoms. The van der Waals surface area contributed by atoms with Gasteiger partial charge >= 0.3 is 0 Å². The Morgan fingerprint density at radius 1 is 1.15 bits per heavy atom. The normalized spacial score (nSPS) is 14.7. The Balaban J connectivity index is 1.40. The lowest BCUT2D eigenvalue weighted by molar-refractivity contribution is 0.102. The molecule has 4 aromatic rings. The number of hydrogen-bond acceptors (Lipinski definition) is 5. The number of benzene rings is 2. The van der Waals surface area contributed by atoms with E-state index in [0.29, 0.717) is 36.1 Å². The van der Waals surface area contributed by atoms with Gasteiger partial charge in [-0.25, -0.2) is 0 Å². The topological polar surface area (TPSA) is 83.4 Å². The molecule has 1 aliphatic heterocycles. The molecule has 0 aliphatic carbocycles. The summed E-state index contributed by atoms with van der Waals surface area (Å²) in [6.07, 6.45) is 1.73. The molecule has 2 aromatic carbocycles. The number of fused-ring (bicyclic) bond motifs is 2. The summed E-state index contributed by atoms with van der Waals surface area (Å²) in [6.45, 7) is 2.86. The lowest BCUT2D eigenvalue weighted by atomic mass is 10.1. The smallest absolute Gasteiger partial charge is 0.298 e. The number of nitrogens with one attached hydrogen (secondary N) is 2. The largest absolute Gasteiger partial charge is 0.423 e. The number of para-hydroxylation sites is 1. The predicted octanol–water partition coefficient (Wildman–Crippen LogP) is 3.40. The molecule has 5 rings (SSSR count). The van der Waals surface area contributed by atoms with Gasteiger partial charge in [0, 0.05) is 41.9 Å². The highest BCUT2D eigenvalue weighted by molar-refractivity contribution is 6.13. The van der Waals surface area contributed by atoms with Crippen LogP contribution >= 0.6 is 0 Å². The molecule has 0 unspecified atom stereocenters. The van der Waals surface area contributed by atoms with Crippen LogP contribution in [-0.4, -0.2) is 42.2 Å². The van der Waals surface area contributed by atoms with Gasteiger partial charge in [-0.1, -0.05) is 18.2 Å². The summed E-state index contributed by atoms with van der Waals surface area (Å²) in [5, 5.41) is 3.83. The van der Waals surface area contributed by atoms with Crippen molar-refractivity contribution < 1.29 is 13.9 Å². The van der Waals surface area contributed by atoms with Crippen LogP contribution in [0.1, 0.15) is 10.4 Å². The highest BCUT2D eigenvalue weighted by Crippen LogP contribution is 2.26. The first-order chi connectivity index (χ1) is 13.3. The molecule has 0 saturated carbocycles. The van der Waals surface area contributed by atoms with E-state index in [4.69, 9.17) is 9.15 Å². The number of anilines is 2. The number of aromatic amines is 1. The van der Waals surface area contributed by atoms with E-state index in [2.05, 4.69) is 20.2 Å². The van der Waals surface area contributed by atoms with Gasteiger partial charge in [-0.15, -0.1) is 0 Å². The van der Waals surface area contributed by atoms with Crippen molar-refractivity contribution in [3.63, 3.8) is 0 Å². The van der Waals surface area contributed by atoms with Crippen LogP contribution in [0.4, 0.5) is 11.7 Å². The number of oxazole rings is 1. The fourth-order valence-corrected chi connectivity index (χ4v) is 3.34. The SMILES string of the molecule is O=C(Nc1ccc2nc(N3CCOCC3)oc2c1)c1c[nH]c2ccccc12. The second-order valence-corrected chi connectivity index (χ2v) is 6.48. The van der Waals surface area contributed by atoms with Gasteiger partial charge in [0.15, 0.2) is 5.58 Å². The molecule has 136 valence electrons. The molecule has 0 radical (unpaired) electrons. The van der Waals surface area contributed by atoms with E-state index in [9.17, 15) is 4.79 Å². The number of morpholine rings is 1. The molecular formula is C20H18N4O3. The van der Waals surface area contributed by atoms with Crippen molar-refractivity contribution in [3.8, 4) is 0 Å². The molecule has 1 amide bonds. The molecular weight excluding hydrogens is 344 g/mol. The van der Waals surface area contributed by atoms with Crippen molar-refractivity contribution in [2.24, 2.45) is 0 Å². The van der Waals surface area contributed by atoms with E-state index in [-0.39, 0.29) is 5.91 Å². The molecule has 1 aliphatic rings. The Bertz CT molecular complexity index is 1120. The zero-order valence-corrected chi connectivity index (χ0v) is 14.6. The first kappa shape index (κ1) is 15.9. The molecule has 3 heterocycles. The van der Waals surface area contributed by atoms with E-state index >= 15 is 0 Å². The van der Waals surface area contributed by atoms with Crippen LogP contribution in [0.25, 0.3) is 22.0 Å². The highest BCUT2D eigenvalue weighted by atomic mass is 16.5. The highest BCUT2D eigenvalue weighted by Gasteiger charge is 2.18. The van der Waals surface area contributed by atoms with Crippen LogP contribution in [0.3, 0.4) is 0 Å². The van der Waals surface area contributed by atoms with Crippen LogP contribution < -0.4 is 10.2 Å². The first-order valence-corrected chi connectivity index (χ1v) is 8.89. The molecule has 1 fully saturated rings. The van der Waals surface area contributed by atoms with Gasteiger partial charge in [0.25, 0.3) is 11.9 Å². The van der Waals surface area contributed by atoms with Gasteiger partial charge in [0.05, 0.1) is 18.8 Å². The number of rotatable bonds is 3. The third kappa shape index (κ3) is 2.92. The lowest BCUT2D eigenvalue weighted by Gasteiger charge is -2.24. The minimum absolute atomic E-state index is 0.167. The van der Waals surface area contributed by atoms with Crippen molar-refractivity contribution >= 4 is 39.6 Å². The van der Waals surface area contributed by atoms with E-state index in [1.165, 1.54) is 0 Å². The van der Waals surface area contributed by atoms with Crippen molar-refractivity contribution in [2.45, 2.75) is 0 Å². The Morgan fingerprint density at radius 3 is 2.89 bits per heavy atom. The lowest BCUT2D eigenvalue weighted by Crippen LogP contribution is -2.36. The number of ether oxygens (including phenoxy) is 1. The minimum atomic E-state index is -0.167. The number of amides is 1. The second kappa shape index (κ2) is 6.44. The maximum atomic E-state index is 12.7. The van der Waals surface area contributed by atoms with Gasteiger partial charge in [-0.05, 0) is 18.2 Å². The molecule has 0 bridgehead atoms. The quantitative estimate of drug-likeness (QED) is 0.584. The Kier molecular flexibility index (Phi) is 3.79. The van der Waals surface area contributed by atoms with Gasteiger partial charge < -0.3 is 24.4 Å². The predicted molar refractivity (Wildman–Crippen MR) is 103 cm³/mol. The average Bonchev–Trinajstić information content (AvgIpc) is 3.32.